The highest BCUT2D eigenvalue weighted by Gasteiger charge is 2.14. The van der Waals surface area contributed by atoms with Crippen LogP contribution in [0.3, 0.4) is 0 Å². The van der Waals surface area contributed by atoms with Crippen molar-refractivity contribution in [3.8, 4) is 0 Å². The average Bonchev–Trinajstić information content (AvgIpc) is 2.82. The van der Waals surface area contributed by atoms with Gasteiger partial charge < -0.3 is 15.1 Å². The Labute approximate surface area is 193 Å². The number of anilines is 1. The molecule has 172 valence electrons. The summed E-state index contributed by atoms with van der Waals surface area (Å²) in [6, 6.07) is 18.1. The minimum absolute atomic E-state index is 0.0131. The van der Waals surface area contributed by atoms with E-state index in [1.165, 1.54) is 37.0 Å². The first-order valence-electron chi connectivity index (χ1n) is 11.2. The van der Waals surface area contributed by atoms with E-state index in [1.54, 1.807) is 24.3 Å². The van der Waals surface area contributed by atoms with Crippen LogP contribution < -0.4 is 4.90 Å². The van der Waals surface area contributed by atoms with Gasteiger partial charge in [-0.15, -0.1) is 0 Å². The normalized spacial score (nSPS) is 10.7. The number of hydrogen-bond acceptors (Lipinski definition) is 5. The molecule has 2 N–H and O–H groups in total. The van der Waals surface area contributed by atoms with E-state index in [0.29, 0.717) is 24.5 Å². The van der Waals surface area contributed by atoms with Gasteiger partial charge in [0.2, 0.25) is 0 Å². The quantitative estimate of drug-likeness (QED) is 0.368. The van der Waals surface area contributed by atoms with Gasteiger partial charge in [0.05, 0.1) is 24.5 Å². The Kier molecular flexibility index (Phi) is 8.52. The summed E-state index contributed by atoms with van der Waals surface area (Å²) < 4.78 is 0. The summed E-state index contributed by atoms with van der Waals surface area (Å²) in [6.45, 7) is 2.91. The number of carboxylic acids is 2. The van der Waals surface area contributed by atoms with Crippen LogP contribution in [0.15, 0.2) is 60.7 Å². The molecule has 3 rings (SSSR count). The third-order valence-corrected chi connectivity index (χ3v) is 5.38. The molecule has 33 heavy (non-hydrogen) atoms. The predicted molar refractivity (Wildman–Crippen MR) is 127 cm³/mol. The van der Waals surface area contributed by atoms with Crippen LogP contribution in [0.4, 0.5) is 5.69 Å². The van der Waals surface area contributed by atoms with Crippen LogP contribution in [0.25, 0.3) is 0 Å². The number of aromatic carboxylic acids is 2. The Morgan fingerprint density at radius 2 is 1.30 bits per heavy atom. The summed E-state index contributed by atoms with van der Waals surface area (Å²) in [7, 11) is 0. The average molecular weight is 448 g/mol. The van der Waals surface area contributed by atoms with Gasteiger partial charge in [-0.25, -0.2) is 19.6 Å². The van der Waals surface area contributed by atoms with Gasteiger partial charge in [0.25, 0.3) is 0 Å². The number of hydrogen-bond donors (Lipinski definition) is 2. The van der Waals surface area contributed by atoms with Crippen LogP contribution in [0.5, 0.6) is 0 Å². The van der Waals surface area contributed by atoms with Crippen molar-refractivity contribution in [2.75, 3.05) is 4.90 Å². The maximum Gasteiger partial charge on any atom is 0.354 e. The number of aryl methyl sites for hydroxylation is 1. The van der Waals surface area contributed by atoms with Gasteiger partial charge in [0.15, 0.2) is 0 Å². The minimum atomic E-state index is -1.08. The molecule has 7 heteroatoms. The molecule has 0 fully saturated rings. The van der Waals surface area contributed by atoms with Gasteiger partial charge in [0, 0.05) is 5.69 Å². The molecule has 2 heterocycles. The van der Waals surface area contributed by atoms with Crippen molar-refractivity contribution in [2.45, 2.75) is 52.1 Å². The predicted octanol–water partition coefficient (Wildman–Crippen LogP) is 5.20. The smallest absolute Gasteiger partial charge is 0.354 e. The zero-order valence-electron chi connectivity index (χ0n) is 18.8. The summed E-state index contributed by atoms with van der Waals surface area (Å²) in [5.74, 6) is -2.15. The van der Waals surface area contributed by atoms with E-state index in [9.17, 15) is 19.8 Å². The topological polar surface area (TPSA) is 104 Å². The van der Waals surface area contributed by atoms with Crippen molar-refractivity contribution < 1.29 is 19.8 Å². The first-order chi connectivity index (χ1) is 16.0. The molecule has 2 aromatic heterocycles. The second-order valence-corrected chi connectivity index (χ2v) is 7.97. The molecular formula is C26H29N3O4. The highest BCUT2D eigenvalue weighted by molar-refractivity contribution is 5.85. The molecule has 0 aliphatic carbocycles. The molecule has 0 unspecified atom stereocenters. The largest absolute Gasteiger partial charge is 0.477 e. The molecule has 0 bridgehead atoms. The molecule has 0 aliphatic rings. The molecule has 0 atom stereocenters. The minimum Gasteiger partial charge on any atom is -0.477 e. The van der Waals surface area contributed by atoms with E-state index in [1.807, 2.05) is 17.0 Å². The molecule has 0 radical (unpaired) electrons. The zero-order chi connectivity index (χ0) is 23.6. The third kappa shape index (κ3) is 7.14. The standard InChI is InChI=1S/C26H29N3O4/c1-2-3-4-5-8-19-13-15-22(16-14-19)29(17-20-9-6-11-23(27-20)25(30)31)18-21-10-7-12-24(28-21)26(32)33/h6-7,9-16H,2-5,8,17-18H2,1H3,(H,30,31)(H,32,33). The van der Waals surface area contributed by atoms with Crippen molar-refractivity contribution in [1.29, 1.82) is 0 Å². The molecule has 0 aliphatic heterocycles. The third-order valence-electron chi connectivity index (χ3n) is 5.38. The fourth-order valence-corrected chi connectivity index (χ4v) is 3.63. The van der Waals surface area contributed by atoms with E-state index in [-0.39, 0.29) is 11.4 Å². The Morgan fingerprint density at radius 3 is 1.79 bits per heavy atom. The molecule has 0 saturated carbocycles. The molecule has 0 saturated heterocycles. The highest BCUT2D eigenvalue weighted by atomic mass is 16.4. The van der Waals surface area contributed by atoms with E-state index in [4.69, 9.17) is 0 Å². The van der Waals surface area contributed by atoms with Gasteiger partial charge in [-0.2, -0.15) is 0 Å². The summed E-state index contributed by atoms with van der Waals surface area (Å²) in [5, 5.41) is 18.5. The van der Waals surface area contributed by atoms with Crippen molar-refractivity contribution in [1.82, 2.24) is 9.97 Å². The van der Waals surface area contributed by atoms with E-state index in [2.05, 4.69) is 29.0 Å². The highest BCUT2D eigenvalue weighted by Crippen LogP contribution is 2.21. The number of aromatic nitrogens is 2. The van der Waals surface area contributed by atoms with Crippen LogP contribution in [-0.2, 0) is 19.5 Å². The molecule has 3 aromatic rings. The lowest BCUT2D eigenvalue weighted by atomic mass is 10.1. The van der Waals surface area contributed by atoms with E-state index >= 15 is 0 Å². The zero-order valence-corrected chi connectivity index (χ0v) is 18.8. The summed E-state index contributed by atoms with van der Waals surface area (Å²) in [5.41, 5.74) is 3.38. The van der Waals surface area contributed by atoms with Gasteiger partial charge >= 0.3 is 11.9 Å². The number of carboxylic acid groups (broad SMARTS) is 2. The van der Waals surface area contributed by atoms with Crippen LogP contribution in [-0.4, -0.2) is 32.1 Å². The van der Waals surface area contributed by atoms with Gasteiger partial charge in [-0.05, 0) is 54.8 Å². The second kappa shape index (κ2) is 11.8. The molecule has 0 spiro atoms. The van der Waals surface area contributed by atoms with Crippen LogP contribution in [0, 0.1) is 0 Å². The van der Waals surface area contributed by atoms with Gasteiger partial charge in [-0.1, -0.05) is 50.5 Å². The molecular weight excluding hydrogens is 418 g/mol. The van der Waals surface area contributed by atoms with Crippen molar-refractivity contribution in [2.24, 2.45) is 0 Å². The number of rotatable bonds is 12. The van der Waals surface area contributed by atoms with Gasteiger partial charge in [0.1, 0.15) is 11.4 Å². The Morgan fingerprint density at radius 1 is 0.758 bits per heavy atom. The number of nitrogens with zero attached hydrogens (tertiary/aromatic N) is 3. The maximum absolute atomic E-state index is 11.3. The number of carbonyl (C=O) groups is 2. The summed E-state index contributed by atoms with van der Waals surface area (Å²) >= 11 is 0. The molecule has 7 nitrogen and oxygen atoms in total. The van der Waals surface area contributed by atoms with Crippen LogP contribution >= 0.6 is 0 Å². The Hall–Kier alpha value is -3.74. The Balaban J connectivity index is 1.83. The van der Waals surface area contributed by atoms with E-state index in [0.717, 1.165) is 18.5 Å². The summed E-state index contributed by atoms with van der Waals surface area (Å²) in [6.07, 6.45) is 5.87. The van der Waals surface area contributed by atoms with Crippen LogP contribution in [0.1, 0.15) is 70.5 Å². The molecule has 1 aromatic carbocycles. The number of pyridine rings is 2. The number of unbranched alkanes of at least 4 members (excludes halogenated alkanes) is 3. The number of benzene rings is 1. The fraction of sp³-hybridized carbons (Fsp3) is 0.308. The monoisotopic (exact) mass is 447 g/mol. The first kappa shape index (κ1) is 23.9. The lowest BCUT2D eigenvalue weighted by molar-refractivity contribution is 0.0679. The van der Waals surface area contributed by atoms with Crippen molar-refractivity contribution >= 4 is 17.6 Å². The maximum atomic E-state index is 11.3. The van der Waals surface area contributed by atoms with E-state index < -0.39 is 11.9 Å². The first-order valence-corrected chi connectivity index (χ1v) is 11.2. The molecule has 0 amide bonds. The van der Waals surface area contributed by atoms with Crippen molar-refractivity contribution in [3.05, 3.63) is 89.0 Å². The van der Waals surface area contributed by atoms with Crippen molar-refractivity contribution in [3.63, 3.8) is 0 Å². The Bertz CT molecular complexity index is 1020. The summed E-state index contributed by atoms with van der Waals surface area (Å²) in [4.78, 5) is 33.2. The fourth-order valence-electron chi connectivity index (χ4n) is 3.63. The second-order valence-electron chi connectivity index (χ2n) is 7.97. The van der Waals surface area contributed by atoms with Gasteiger partial charge in [-0.3, -0.25) is 0 Å². The SMILES string of the molecule is CCCCCCc1ccc(N(Cc2cccc(C(=O)O)n2)Cc2cccc(C(=O)O)n2)cc1. The van der Waals surface area contributed by atoms with Crippen LogP contribution in [0.2, 0.25) is 0 Å². The lowest BCUT2D eigenvalue weighted by Gasteiger charge is -2.25. The lowest BCUT2D eigenvalue weighted by Crippen LogP contribution is -2.24.